The van der Waals surface area contributed by atoms with Gasteiger partial charge >= 0.3 is 11.9 Å². The van der Waals surface area contributed by atoms with Gasteiger partial charge in [-0.2, -0.15) is 18.3 Å². The summed E-state index contributed by atoms with van der Waals surface area (Å²) in [5.41, 5.74) is -0.576. The Kier molecular flexibility index (Phi) is 5.57. The number of aromatic nitrogens is 4. The average molecular weight is 462 g/mol. The van der Waals surface area contributed by atoms with Crippen molar-refractivity contribution in [3.63, 3.8) is 0 Å². The van der Waals surface area contributed by atoms with Crippen molar-refractivity contribution in [3.8, 4) is 0 Å². The molecule has 2 unspecified atom stereocenters. The highest BCUT2D eigenvalue weighted by Crippen LogP contribution is 2.39. The van der Waals surface area contributed by atoms with Crippen LogP contribution in [0.15, 0.2) is 17.1 Å². The van der Waals surface area contributed by atoms with Crippen LogP contribution in [-0.4, -0.2) is 49.4 Å². The third kappa shape index (κ3) is 4.19. The van der Waals surface area contributed by atoms with Gasteiger partial charge in [-0.25, -0.2) is 13.9 Å². The Morgan fingerprint density at radius 2 is 2.10 bits per heavy atom. The quantitative estimate of drug-likeness (QED) is 0.659. The van der Waals surface area contributed by atoms with Gasteiger partial charge in [0.05, 0.1) is 29.4 Å². The van der Waals surface area contributed by atoms with E-state index in [1.807, 2.05) is 6.92 Å². The van der Waals surface area contributed by atoms with E-state index in [1.54, 1.807) is 0 Å². The summed E-state index contributed by atoms with van der Waals surface area (Å²) in [6, 6.07) is -0.260. The van der Waals surface area contributed by atoms with Gasteiger partial charge in [0.2, 0.25) is 5.91 Å². The molecular weight excluding hydrogens is 442 g/mol. The SMILES string of the molecule is C[C@H]1CCN(C(=O)C2CC(C(F)(F)F)Cc3nn(Cc4ncc(F)cc4Cl)c(=O)n32)C1. The number of amides is 1. The lowest BCUT2D eigenvalue weighted by atomic mass is 9.91. The maximum absolute atomic E-state index is 13.5. The van der Waals surface area contributed by atoms with Crippen LogP contribution < -0.4 is 5.69 Å². The average Bonchev–Trinajstić information content (AvgIpc) is 3.26. The van der Waals surface area contributed by atoms with Gasteiger partial charge in [-0.1, -0.05) is 18.5 Å². The molecule has 1 amide bonds. The first-order valence-electron chi connectivity index (χ1n) is 9.88. The number of carbonyl (C=O) groups excluding carboxylic acids is 1. The first-order chi connectivity index (χ1) is 14.5. The van der Waals surface area contributed by atoms with Gasteiger partial charge in [0.15, 0.2) is 0 Å². The smallest absolute Gasteiger partial charge is 0.341 e. The Labute approximate surface area is 179 Å². The number of halogens is 5. The van der Waals surface area contributed by atoms with Gasteiger partial charge in [-0.3, -0.25) is 14.3 Å². The van der Waals surface area contributed by atoms with Crippen molar-refractivity contribution in [2.75, 3.05) is 13.1 Å². The number of nitrogens with zero attached hydrogens (tertiary/aromatic N) is 5. The lowest BCUT2D eigenvalue weighted by molar-refractivity contribution is -0.183. The number of carbonyl (C=O) groups is 1. The summed E-state index contributed by atoms with van der Waals surface area (Å²) in [6.07, 6.45) is -3.86. The number of rotatable bonds is 3. The summed E-state index contributed by atoms with van der Waals surface area (Å²) < 4.78 is 55.9. The first kappa shape index (κ1) is 21.8. The highest BCUT2D eigenvalue weighted by atomic mass is 35.5. The Bertz CT molecular complexity index is 1070. The molecule has 2 aliphatic heterocycles. The predicted octanol–water partition coefficient (Wildman–Crippen LogP) is 2.81. The summed E-state index contributed by atoms with van der Waals surface area (Å²) >= 11 is 5.96. The van der Waals surface area contributed by atoms with E-state index in [2.05, 4.69) is 10.1 Å². The third-order valence-electron chi connectivity index (χ3n) is 5.86. The lowest BCUT2D eigenvalue weighted by Gasteiger charge is -2.32. The van der Waals surface area contributed by atoms with Crippen LogP contribution in [0.4, 0.5) is 17.6 Å². The fourth-order valence-electron chi connectivity index (χ4n) is 4.21. The molecule has 0 aromatic carbocycles. The highest BCUT2D eigenvalue weighted by Gasteiger charge is 2.48. The molecule has 2 aliphatic rings. The number of likely N-dealkylation sites (tertiary alicyclic amines) is 1. The van der Waals surface area contributed by atoms with Gasteiger partial charge in [0.1, 0.15) is 17.7 Å². The molecule has 0 radical (unpaired) electrons. The summed E-state index contributed by atoms with van der Waals surface area (Å²) in [4.78, 5) is 31.4. The molecule has 0 bridgehead atoms. The molecule has 1 fully saturated rings. The van der Waals surface area contributed by atoms with Crippen molar-refractivity contribution in [1.82, 2.24) is 24.2 Å². The molecule has 3 atom stereocenters. The van der Waals surface area contributed by atoms with Crippen LogP contribution in [0.5, 0.6) is 0 Å². The Balaban J connectivity index is 1.71. The molecule has 12 heteroatoms. The maximum Gasteiger partial charge on any atom is 0.392 e. The van der Waals surface area contributed by atoms with Gasteiger partial charge in [0, 0.05) is 19.5 Å². The van der Waals surface area contributed by atoms with Crippen LogP contribution in [0.25, 0.3) is 0 Å². The van der Waals surface area contributed by atoms with Crippen molar-refractivity contribution in [2.24, 2.45) is 11.8 Å². The fourth-order valence-corrected chi connectivity index (χ4v) is 4.42. The number of hydrogen-bond donors (Lipinski definition) is 0. The van der Waals surface area contributed by atoms with Crippen LogP contribution >= 0.6 is 11.6 Å². The zero-order valence-corrected chi connectivity index (χ0v) is 17.3. The topological polar surface area (TPSA) is 73.0 Å². The second-order valence-electron chi connectivity index (χ2n) is 8.18. The van der Waals surface area contributed by atoms with Crippen LogP contribution in [0.1, 0.15) is 37.3 Å². The molecule has 2 aromatic heterocycles. The fraction of sp³-hybridized carbons (Fsp3) is 0.579. The van der Waals surface area contributed by atoms with E-state index < -0.39 is 48.4 Å². The molecule has 0 spiro atoms. The monoisotopic (exact) mass is 461 g/mol. The molecule has 0 N–H and O–H groups in total. The van der Waals surface area contributed by atoms with Crippen LogP contribution in [-0.2, 0) is 17.8 Å². The molecule has 2 aromatic rings. The summed E-state index contributed by atoms with van der Waals surface area (Å²) in [5, 5.41) is 4.01. The molecule has 4 rings (SSSR count). The molecule has 7 nitrogen and oxygen atoms in total. The van der Waals surface area contributed by atoms with E-state index in [0.717, 1.165) is 27.9 Å². The predicted molar refractivity (Wildman–Crippen MR) is 102 cm³/mol. The molecular formula is C19H20ClF4N5O2. The Hall–Kier alpha value is -2.43. The molecule has 0 aliphatic carbocycles. The number of fused-ring (bicyclic) bond motifs is 1. The zero-order valence-electron chi connectivity index (χ0n) is 16.6. The summed E-state index contributed by atoms with van der Waals surface area (Å²) in [7, 11) is 0. The van der Waals surface area contributed by atoms with E-state index in [4.69, 9.17) is 11.6 Å². The van der Waals surface area contributed by atoms with Crippen molar-refractivity contribution in [1.29, 1.82) is 0 Å². The Morgan fingerprint density at radius 3 is 2.71 bits per heavy atom. The molecule has 0 saturated carbocycles. The zero-order chi connectivity index (χ0) is 22.5. The van der Waals surface area contributed by atoms with E-state index in [0.29, 0.717) is 13.1 Å². The van der Waals surface area contributed by atoms with E-state index in [1.165, 1.54) is 4.90 Å². The van der Waals surface area contributed by atoms with E-state index in [-0.39, 0.29) is 29.0 Å². The maximum atomic E-state index is 13.5. The summed E-state index contributed by atoms with van der Waals surface area (Å²) in [5.74, 6) is -2.81. The number of hydrogen-bond acceptors (Lipinski definition) is 4. The largest absolute Gasteiger partial charge is 0.392 e. The van der Waals surface area contributed by atoms with Gasteiger partial charge in [0.25, 0.3) is 0 Å². The normalized spacial score (nSPS) is 23.8. The molecule has 1 saturated heterocycles. The molecule has 4 heterocycles. The summed E-state index contributed by atoms with van der Waals surface area (Å²) in [6.45, 7) is 2.60. The number of alkyl halides is 3. The lowest BCUT2D eigenvalue weighted by Crippen LogP contribution is -2.45. The van der Waals surface area contributed by atoms with E-state index in [9.17, 15) is 27.2 Å². The second-order valence-corrected chi connectivity index (χ2v) is 8.59. The van der Waals surface area contributed by atoms with Crippen LogP contribution in [0.3, 0.4) is 0 Å². The minimum atomic E-state index is -4.52. The molecule has 168 valence electrons. The van der Waals surface area contributed by atoms with Gasteiger partial charge in [-0.15, -0.1) is 0 Å². The van der Waals surface area contributed by atoms with E-state index >= 15 is 0 Å². The third-order valence-corrected chi connectivity index (χ3v) is 6.18. The van der Waals surface area contributed by atoms with Crippen molar-refractivity contribution < 1.29 is 22.4 Å². The van der Waals surface area contributed by atoms with Crippen molar-refractivity contribution in [2.45, 2.75) is 44.9 Å². The second kappa shape index (κ2) is 7.92. The minimum absolute atomic E-state index is 0.0373. The van der Waals surface area contributed by atoms with Gasteiger partial charge in [-0.05, 0) is 24.8 Å². The first-order valence-corrected chi connectivity index (χ1v) is 10.3. The van der Waals surface area contributed by atoms with Gasteiger partial charge < -0.3 is 4.90 Å². The van der Waals surface area contributed by atoms with Crippen molar-refractivity contribution >= 4 is 17.5 Å². The highest BCUT2D eigenvalue weighted by molar-refractivity contribution is 6.31. The van der Waals surface area contributed by atoms with Crippen molar-refractivity contribution in [3.05, 3.63) is 45.1 Å². The standard InChI is InChI=1S/C19H20ClF4N5O2/c1-10-2-3-27(8-10)17(30)15-4-11(19(22,23)24)5-16-26-28(18(31)29(15)16)9-14-13(20)6-12(21)7-25-14/h6-7,10-11,15H,2-5,8-9H2,1H3/t10-,11?,15?/m0/s1. The Morgan fingerprint density at radius 1 is 1.35 bits per heavy atom. The minimum Gasteiger partial charge on any atom is -0.341 e. The van der Waals surface area contributed by atoms with Crippen LogP contribution in [0.2, 0.25) is 5.02 Å². The molecule has 31 heavy (non-hydrogen) atoms. The van der Waals surface area contributed by atoms with Crippen LogP contribution in [0, 0.1) is 17.7 Å². The number of pyridine rings is 1.